The molecule has 8 nitrogen and oxygen atoms in total. The minimum Gasteiger partial charge on any atom is -0.490 e. The summed E-state index contributed by atoms with van der Waals surface area (Å²) in [6, 6.07) is 12.9. The number of benzene rings is 2. The summed E-state index contributed by atoms with van der Waals surface area (Å²) in [6.45, 7) is 12.2. The van der Waals surface area contributed by atoms with Crippen LogP contribution in [0.25, 0.3) is 0 Å². The van der Waals surface area contributed by atoms with Crippen molar-refractivity contribution in [3.63, 3.8) is 0 Å². The summed E-state index contributed by atoms with van der Waals surface area (Å²) in [7, 11) is -0.941. The Hall–Kier alpha value is -2.30. The number of fused-ring (bicyclic) bond motifs is 5. The summed E-state index contributed by atoms with van der Waals surface area (Å²) in [4.78, 5) is 21.8. The molecule has 1 amide bonds. The van der Waals surface area contributed by atoms with Gasteiger partial charge in [0.1, 0.15) is 5.75 Å². The van der Waals surface area contributed by atoms with E-state index in [2.05, 4.69) is 44.3 Å². The van der Waals surface area contributed by atoms with Crippen molar-refractivity contribution in [1.29, 1.82) is 0 Å². The molecule has 3 fully saturated rings. The van der Waals surface area contributed by atoms with Gasteiger partial charge < -0.3 is 19.3 Å². The average molecular weight is 780 g/mol. The van der Waals surface area contributed by atoms with Crippen LogP contribution in [0.4, 0.5) is 5.69 Å². The van der Waals surface area contributed by atoms with Gasteiger partial charge in [0.25, 0.3) is 5.91 Å². The summed E-state index contributed by atoms with van der Waals surface area (Å²) in [5.74, 6) is 5.61. The van der Waals surface area contributed by atoms with Crippen LogP contribution in [-0.4, -0.2) is 102 Å². The van der Waals surface area contributed by atoms with Crippen molar-refractivity contribution in [2.75, 3.05) is 64.4 Å². The number of anilines is 1. The number of hydrogen-bond donors (Lipinski definition) is 1. The monoisotopic (exact) mass is 778 g/mol. The Labute approximate surface area is 329 Å². The number of piperidine rings is 1. The van der Waals surface area contributed by atoms with Gasteiger partial charge in [-0.3, -0.25) is 14.4 Å². The van der Waals surface area contributed by atoms with Crippen LogP contribution in [0.1, 0.15) is 106 Å². The fourth-order valence-electron chi connectivity index (χ4n) is 11.3. The van der Waals surface area contributed by atoms with E-state index in [0.717, 1.165) is 87.6 Å². The third kappa shape index (κ3) is 7.46. The van der Waals surface area contributed by atoms with E-state index in [4.69, 9.17) is 21.1 Å². The zero-order valence-corrected chi connectivity index (χ0v) is 34.5. The lowest BCUT2D eigenvalue weighted by Crippen LogP contribution is -2.57. The molecule has 1 N–H and O–H groups in total. The van der Waals surface area contributed by atoms with Crippen LogP contribution in [0, 0.1) is 17.8 Å². The van der Waals surface area contributed by atoms with Gasteiger partial charge in [-0.2, -0.15) is 0 Å². The van der Waals surface area contributed by atoms with Gasteiger partial charge in [-0.15, -0.1) is 0 Å². The quantitative estimate of drug-likeness (QED) is 0.326. The topological polar surface area (TPSA) is 74.4 Å². The summed E-state index contributed by atoms with van der Waals surface area (Å²) >= 11 is 6.54. The molecule has 0 aromatic heterocycles. The Balaban J connectivity index is 1.14. The Morgan fingerprint density at radius 1 is 1.00 bits per heavy atom. The van der Waals surface area contributed by atoms with E-state index in [9.17, 15) is 9.00 Å². The lowest BCUT2D eigenvalue weighted by Gasteiger charge is -2.53. The van der Waals surface area contributed by atoms with Gasteiger partial charge >= 0.3 is 0 Å². The Morgan fingerprint density at radius 2 is 1.87 bits per heavy atom. The van der Waals surface area contributed by atoms with Crippen molar-refractivity contribution in [2.24, 2.45) is 17.8 Å². The minimum absolute atomic E-state index is 0.134. The molecule has 1 unspecified atom stereocenters. The van der Waals surface area contributed by atoms with Gasteiger partial charge in [-0.05, 0) is 143 Å². The molecule has 1 spiro atoms. The molecule has 0 radical (unpaired) electrons. The maximum Gasteiger partial charge on any atom is 0.262 e. The molecular formula is C44H63ClN4O4S. The number of piperazine rings is 1. The van der Waals surface area contributed by atoms with E-state index in [1.54, 1.807) is 0 Å². The van der Waals surface area contributed by atoms with Crippen molar-refractivity contribution in [3.05, 3.63) is 58.1 Å². The molecule has 2 aromatic carbocycles. The summed E-state index contributed by atoms with van der Waals surface area (Å²) in [5.41, 5.74) is 3.67. The molecule has 4 heterocycles. The fraction of sp³-hybridized carbons (Fsp3) is 0.682. The zero-order chi connectivity index (χ0) is 37.7. The highest BCUT2D eigenvalue weighted by Crippen LogP contribution is 2.51. The maximum absolute atomic E-state index is 14.1. The van der Waals surface area contributed by atoms with Gasteiger partial charge in [0.05, 0.1) is 27.6 Å². The van der Waals surface area contributed by atoms with Crippen LogP contribution in [0.5, 0.6) is 5.75 Å². The maximum atomic E-state index is 14.1. The number of ether oxygens (including phenoxy) is 2. The molecule has 2 aliphatic carbocycles. The molecular weight excluding hydrogens is 716 g/mol. The largest absolute Gasteiger partial charge is 0.490 e. The molecule has 54 heavy (non-hydrogen) atoms. The summed E-state index contributed by atoms with van der Waals surface area (Å²) < 4.78 is 30.6. The van der Waals surface area contributed by atoms with E-state index < -0.39 is 9.71 Å². The number of carbonyl (C=O) groups excluding carboxylic acids is 1. The lowest BCUT2D eigenvalue weighted by molar-refractivity contribution is -0.125. The van der Waals surface area contributed by atoms with Crippen LogP contribution < -0.4 is 14.4 Å². The fourth-order valence-corrected chi connectivity index (χ4v) is 13.0. The van der Waals surface area contributed by atoms with E-state index in [-0.39, 0.29) is 28.1 Å². The van der Waals surface area contributed by atoms with Gasteiger partial charge in [-0.25, -0.2) is 4.21 Å². The number of rotatable bonds is 4. The molecule has 2 aromatic rings. The van der Waals surface area contributed by atoms with E-state index in [1.807, 2.05) is 38.3 Å². The first-order valence-electron chi connectivity index (χ1n) is 21.0. The minimum atomic E-state index is -2.91. The number of nitrogens with zero attached hydrogens (tertiary/aromatic N) is 3. The predicted molar refractivity (Wildman–Crippen MR) is 222 cm³/mol. The van der Waals surface area contributed by atoms with Gasteiger partial charge in [0.15, 0.2) is 0 Å². The molecule has 1 saturated carbocycles. The SMILES string of the molecule is C=S1(=O)NC(=O)c2ccc3c(c2)N(C[C@@H]2CC[C@H]2[C@](CCN2CCN4CCCC[C@@H]4C2)(OC)CCC[C@H](C)[C@H]1C)C[C@@]1(CCCc2cc(Cl)ccc21)CO3. The average Bonchev–Trinajstić information content (AvgIpc) is 3.30. The van der Waals surface area contributed by atoms with Gasteiger partial charge in [0.2, 0.25) is 0 Å². The third-order valence-electron chi connectivity index (χ3n) is 15.0. The number of amides is 1. The number of halogens is 1. The number of carbonyl (C=O) groups is 1. The van der Waals surface area contributed by atoms with E-state index in [1.165, 1.54) is 62.9 Å². The Kier molecular flexibility index (Phi) is 11.1. The molecule has 8 rings (SSSR count). The smallest absolute Gasteiger partial charge is 0.262 e. The van der Waals surface area contributed by atoms with Crippen LogP contribution in [0.15, 0.2) is 36.4 Å². The lowest BCUT2D eigenvalue weighted by atomic mass is 9.61. The van der Waals surface area contributed by atoms with Crippen molar-refractivity contribution >= 4 is 38.8 Å². The van der Waals surface area contributed by atoms with Gasteiger partial charge in [-0.1, -0.05) is 37.4 Å². The number of aryl methyl sites for hydroxylation is 1. The summed E-state index contributed by atoms with van der Waals surface area (Å²) in [6.07, 6.45) is 13.4. The first-order chi connectivity index (χ1) is 26.0. The molecule has 8 atom stereocenters. The third-order valence-corrected chi connectivity index (χ3v) is 17.4. The highest BCUT2D eigenvalue weighted by molar-refractivity contribution is 7.99. The van der Waals surface area contributed by atoms with Gasteiger partial charge in [0, 0.05) is 73.7 Å². The van der Waals surface area contributed by atoms with Crippen molar-refractivity contribution in [1.82, 2.24) is 14.5 Å². The number of hydrogen-bond acceptors (Lipinski definition) is 7. The van der Waals surface area contributed by atoms with Crippen LogP contribution in [-0.2, 0) is 26.3 Å². The number of nitrogens with one attached hydrogen (secondary N) is 1. The summed E-state index contributed by atoms with van der Waals surface area (Å²) in [5, 5.41) is 0.513. The second-order valence-electron chi connectivity index (χ2n) is 18.0. The second-order valence-corrected chi connectivity index (χ2v) is 20.8. The molecule has 2 bridgehead atoms. The van der Waals surface area contributed by atoms with E-state index >= 15 is 0 Å². The molecule has 4 aliphatic heterocycles. The normalized spacial score (nSPS) is 36.5. The second kappa shape index (κ2) is 15.6. The Morgan fingerprint density at radius 3 is 2.69 bits per heavy atom. The van der Waals surface area contributed by atoms with Crippen LogP contribution in [0.2, 0.25) is 5.02 Å². The first kappa shape index (κ1) is 38.6. The first-order valence-corrected chi connectivity index (χ1v) is 23.2. The van der Waals surface area contributed by atoms with Crippen LogP contribution in [0.3, 0.4) is 0 Å². The highest BCUT2D eigenvalue weighted by atomic mass is 35.5. The molecule has 2 saturated heterocycles. The highest BCUT2D eigenvalue weighted by Gasteiger charge is 2.50. The number of methoxy groups -OCH3 is 1. The van der Waals surface area contributed by atoms with Crippen molar-refractivity contribution in [2.45, 2.75) is 113 Å². The Bertz CT molecular complexity index is 1810. The van der Waals surface area contributed by atoms with E-state index in [0.29, 0.717) is 30.0 Å². The molecule has 296 valence electrons. The molecule has 6 aliphatic rings. The zero-order valence-electron chi connectivity index (χ0n) is 33.0. The predicted octanol–water partition coefficient (Wildman–Crippen LogP) is 7.35. The van der Waals surface area contributed by atoms with Crippen molar-refractivity contribution < 1.29 is 18.5 Å². The molecule has 10 heteroatoms. The standard InChI is InChI=1S/C44H63ClN4O4S/c1-31-9-7-19-44(52-3,20-22-47-23-24-48-21-6-5-11-37(48)28-47)39-15-12-35(39)27-49-29-43(18-8-10-33-25-36(45)14-16-38(33)43)30-53-41-17-13-34(26-40(41)49)42(50)46-54(4,51)32(31)2/h13-14,16-17,25-26,31-32,35,37,39H,4-12,15,18-24,27-30H2,1-3H3,(H,46,50,51)/t31-,32+,35-,37+,39+,43-,44-,54?/m0/s1. The van der Waals surface area contributed by atoms with Crippen molar-refractivity contribution in [3.8, 4) is 5.75 Å². The van der Waals surface area contributed by atoms with Crippen LogP contribution >= 0.6 is 11.6 Å².